The topological polar surface area (TPSA) is 21.3 Å². The molecule has 0 radical (unpaired) electrons. The number of rotatable bonds is 5. The summed E-state index contributed by atoms with van der Waals surface area (Å²) < 4.78 is 33.8. The lowest BCUT2D eigenvalue weighted by molar-refractivity contribution is 0.00559. The van der Waals surface area contributed by atoms with Gasteiger partial charge in [0.1, 0.15) is 11.6 Å². The van der Waals surface area contributed by atoms with Crippen molar-refractivity contribution in [3.05, 3.63) is 33.8 Å². The molecule has 0 aromatic heterocycles. The van der Waals surface area contributed by atoms with Gasteiger partial charge in [-0.3, -0.25) is 0 Å². The average molecular weight is 348 g/mol. The highest BCUT2D eigenvalue weighted by Gasteiger charge is 2.22. The second kappa shape index (κ2) is 7.48. The summed E-state index contributed by atoms with van der Waals surface area (Å²) in [5, 5.41) is 3.14. The van der Waals surface area contributed by atoms with Gasteiger partial charge in [0.2, 0.25) is 0 Å². The highest BCUT2D eigenvalue weighted by molar-refractivity contribution is 9.10. The van der Waals surface area contributed by atoms with Gasteiger partial charge in [-0.2, -0.15) is 0 Å². The predicted octanol–water partition coefficient (Wildman–Crippen LogP) is 3.82. The van der Waals surface area contributed by atoms with E-state index in [9.17, 15) is 8.78 Å². The van der Waals surface area contributed by atoms with Crippen LogP contribution in [0.4, 0.5) is 8.78 Å². The number of hydrogen-bond donors (Lipinski definition) is 1. The van der Waals surface area contributed by atoms with Gasteiger partial charge in [-0.05, 0) is 67.2 Å². The zero-order valence-electron chi connectivity index (χ0n) is 11.6. The summed E-state index contributed by atoms with van der Waals surface area (Å²) in [7, 11) is 1.82. The molecular weight excluding hydrogens is 328 g/mol. The Bertz CT molecular complexity index is 450. The summed E-state index contributed by atoms with van der Waals surface area (Å²) >= 11 is 3.10. The van der Waals surface area contributed by atoms with Crippen LogP contribution in [0.25, 0.3) is 0 Å². The van der Waals surface area contributed by atoms with Crippen LogP contribution in [0.5, 0.6) is 0 Å². The van der Waals surface area contributed by atoms with Crippen molar-refractivity contribution in [1.29, 1.82) is 0 Å². The normalized spacial score (nSPS) is 20.9. The Morgan fingerprint density at radius 3 is 2.85 bits per heavy atom. The van der Waals surface area contributed by atoms with Gasteiger partial charge in [-0.25, -0.2) is 8.78 Å². The Hall–Kier alpha value is -0.520. The Morgan fingerprint density at radius 2 is 2.20 bits per heavy atom. The maximum atomic E-state index is 14.0. The van der Waals surface area contributed by atoms with Crippen LogP contribution in [0.15, 0.2) is 16.6 Å². The van der Waals surface area contributed by atoms with Gasteiger partial charge in [0.15, 0.2) is 0 Å². The molecule has 2 nitrogen and oxygen atoms in total. The van der Waals surface area contributed by atoms with E-state index in [1.807, 2.05) is 7.05 Å². The molecule has 0 saturated carbocycles. The summed E-state index contributed by atoms with van der Waals surface area (Å²) in [5.41, 5.74) is 0.134. The van der Waals surface area contributed by atoms with Crippen LogP contribution >= 0.6 is 15.9 Å². The molecule has 20 heavy (non-hydrogen) atoms. The Kier molecular flexibility index (Phi) is 5.93. The predicted molar refractivity (Wildman–Crippen MR) is 78.8 cm³/mol. The van der Waals surface area contributed by atoms with E-state index in [1.54, 1.807) is 0 Å². The van der Waals surface area contributed by atoms with Crippen LogP contribution in [-0.2, 0) is 11.2 Å². The third kappa shape index (κ3) is 3.99. The molecule has 1 saturated heterocycles. The minimum absolute atomic E-state index is 0.0106. The van der Waals surface area contributed by atoms with E-state index in [0.29, 0.717) is 10.9 Å². The minimum Gasteiger partial charge on any atom is -0.378 e. The summed E-state index contributed by atoms with van der Waals surface area (Å²) in [4.78, 5) is 0. The molecule has 2 unspecified atom stereocenters. The molecule has 1 fully saturated rings. The number of ether oxygens (including phenoxy) is 1. The molecule has 0 aliphatic carbocycles. The maximum Gasteiger partial charge on any atom is 0.143 e. The zero-order chi connectivity index (χ0) is 14.5. The van der Waals surface area contributed by atoms with Gasteiger partial charge < -0.3 is 10.1 Å². The van der Waals surface area contributed by atoms with Crippen LogP contribution in [0.2, 0.25) is 0 Å². The zero-order valence-corrected chi connectivity index (χ0v) is 13.2. The molecule has 1 aliphatic heterocycles. The van der Waals surface area contributed by atoms with E-state index < -0.39 is 11.6 Å². The first-order valence-electron chi connectivity index (χ1n) is 7.03. The lowest BCUT2D eigenvalue weighted by Crippen LogP contribution is -2.34. The molecule has 1 heterocycles. The van der Waals surface area contributed by atoms with E-state index in [-0.39, 0.29) is 17.7 Å². The van der Waals surface area contributed by atoms with E-state index >= 15 is 0 Å². The van der Waals surface area contributed by atoms with Gasteiger partial charge in [-0.15, -0.1) is 0 Å². The fourth-order valence-electron chi connectivity index (χ4n) is 2.62. The minimum atomic E-state index is -0.505. The van der Waals surface area contributed by atoms with Gasteiger partial charge in [0.25, 0.3) is 0 Å². The molecule has 2 atom stereocenters. The lowest BCUT2D eigenvalue weighted by Gasteiger charge is -2.27. The van der Waals surface area contributed by atoms with Crippen molar-refractivity contribution in [3.63, 3.8) is 0 Å². The first-order chi connectivity index (χ1) is 9.61. The number of hydrogen-bond acceptors (Lipinski definition) is 2. The van der Waals surface area contributed by atoms with E-state index in [2.05, 4.69) is 21.2 Å². The van der Waals surface area contributed by atoms with Crippen molar-refractivity contribution >= 4 is 15.9 Å². The third-order valence-corrected chi connectivity index (χ3v) is 4.43. The number of benzene rings is 1. The number of nitrogens with one attached hydrogen (secondary N) is 1. The lowest BCUT2D eigenvalue weighted by atomic mass is 9.96. The third-order valence-electron chi connectivity index (χ3n) is 3.82. The molecule has 0 spiro atoms. The first-order valence-corrected chi connectivity index (χ1v) is 7.82. The summed E-state index contributed by atoms with van der Waals surface area (Å²) in [5.74, 6) is -0.995. The second-order valence-electron chi connectivity index (χ2n) is 5.24. The van der Waals surface area contributed by atoms with Gasteiger partial charge in [-0.1, -0.05) is 0 Å². The van der Waals surface area contributed by atoms with Gasteiger partial charge >= 0.3 is 0 Å². The van der Waals surface area contributed by atoms with Crippen LogP contribution in [0.3, 0.4) is 0 Å². The summed E-state index contributed by atoms with van der Waals surface area (Å²) in [6.07, 6.45) is 4.60. The molecule has 0 bridgehead atoms. The van der Waals surface area contributed by atoms with Crippen molar-refractivity contribution in [1.82, 2.24) is 5.32 Å². The number of halogens is 3. The van der Waals surface area contributed by atoms with Crippen molar-refractivity contribution in [2.45, 2.75) is 44.2 Å². The Morgan fingerprint density at radius 1 is 1.40 bits per heavy atom. The van der Waals surface area contributed by atoms with Gasteiger partial charge in [0.05, 0.1) is 10.6 Å². The molecule has 1 aromatic carbocycles. The first kappa shape index (κ1) is 15.9. The smallest absolute Gasteiger partial charge is 0.143 e. The molecule has 5 heteroatoms. The van der Waals surface area contributed by atoms with Gasteiger partial charge in [0, 0.05) is 18.2 Å². The summed E-state index contributed by atoms with van der Waals surface area (Å²) in [6, 6.07) is 2.70. The molecule has 1 aromatic rings. The standard InChI is InChI=1S/C15H20BrF2NO/c1-19-10(8-11-4-2-3-7-20-11)9-12-14(17)6-5-13(16)15(12)18/h5-6,10-11,19H,2-4,7-9H2,1H3. The largest absolute Gasteiger partial charge is 0.378 e. The van der Waals surface area contributed by atoms with Crippen LogP contribution < -0.4 is 5.32 Å². The molecular formula is C15H20BrF2NO. The average Bonchev–Trinajstić information content (AvgIpc) is 2.47. The highest BCUT2D eigenvalue weighted by atomic mass is 79.9. The molecule has 2 rings (SSSR count). The van der Waals surface area contributed by atoms with Crippen molar-refractivity contribution < 1.29 is 13.5 Å². The van der Waals surface area contributed by atoms with Crippen molar-refractivity contribution in [2.75, 3.05) is 13.7 Å². The van der Waals surface area contributed by atoms with E-state index in [4.69, 9.17) is 4.74 Å². The van der Waals surface area contributed by atoms with Crippen LogP contribution in [0.1, 0.15) is 31.2 Å². The Labute approximate surface area is 127 Å². The molecule has 1 N–H and O–H groups in total. The molecule has 1 aliphatic rings. The van der Waals surface area contributed by atoms with Crippen LogP contribution in [0, 0.1) is 11.6 Å². The summed E-state index contributed by atoms with van der Waals surface area (Å²) in [6.45, 7) is 0.792. The quantitative estimate of drug-likeness (QED) is 0.817. The van der Waals surface area contributed by atoms with E-state index in [1.165, 1.54) is 18.6 Å². The second-order valence-corrected chi connectivity index (χ2v) is 6.09. The van der Waals surface area contributed by atoms with E-state index in [0.717, 1.165) is 25.9 Å². The monoisotopic (exact) mass is 347 g/mol. The SMILES string of the molecule is CNC(Cc1c(F)ccc(Br)c1F)CC1CCCCO1. The fourth-order valence-corrected chi connectivity index (χ4v) is 2.99. The van der Waals surface area contributed by atoms with Crippen LogP contribution in [-0.4, -0.2) is 25.8 Å². The molecule has 0 amide bonds. The maximum absolute atomic E-state index is 14.0. The van der Waals surface area contributed by atoms with Crippen molar-refractivity contribution in [2.24, 2.45) is 0 Å². The molecule has 112 valence electrons. The Balaban J connectivity index is 2.04. The number of likely N-dealkylation sites (N-methyl/N-ethyl adjacent to an activating group) is 1. The van der Waals surface area contributed by atoms with Crippen molar-refractivity contribution in [3.8, 4) is 0 Å². The fraction of sp³-hybridized carbons (Fsp3) is 0.600. The highest BCUT2D eigenvalue weighted by Crippen LogP contribution is 2.24.